The SMILES string of the molecule is CC(C(=O)NCC(=O)NC1CCS(=O)(=O)C1)c1ccccc1C(F)(F)F. The molecule has 2 N–H and O–H groups in total. The Morgan fingerprint density at radius 2 is 1.92 bits per heavy atom. The molecule has 0 radical (unpaired) electrons. The van der Waals surface area contributed by atoms with Crippen LogP contribution in [0.2, 0.25) is 0 Å². The van der Waals surface area contributed by atoms with Gasteiger partial charge in [-0.15, -0.1) is 0 Å². The highest BCUT2D eigenvalue weighted by molar-refractivity contribution is 7.91. The van der Waals surface area contributed by atoms with Crippen LogP contribution in [0.25, 0.3) is 0 Å². The molecule has 0 aliphatic carbocycles. The summed E-state index contributed by atoms with van der Waals surface area (Å²) in [5.74, 6) is -2.57. The van der Waals surface area contributed by atoms with Crippen molar-refractivity contribution < 1.29 is 31.2 Å². The van der Waals surface area contributed by atoms with Crippen molar-refractivity contribution in [3.05, 3.63) is 35.4 Å². The molecule has 0 aromatic heterocycles. The van der Waals surface area contributed by atoms with Crippen LogP contribution in [-0.4, -0.2) is 44.3 Å². The van der Waals surface area contributed by atoms with Crippen LogP contribution in [0, 0.1) is 0 Å². The van der Waals surface area contributed by atoms with Crippen LogP contribution < -0.4 is 10.6 Å². The second-order valence-corrected chi connectivity index (χ2v) is 8.42. The zero-order valence-electron chi connectivity index (χ0n) is 14.0. The topological polar surface area (TPSA) is 92.3 Å². The number of nitrogens with one attached hydrogen (secondary N) is 2. The summed E-state index contributed by atoms with van der Waals surface area (Å²) in [4.78, 5) is 23.9. The number of carbonyl (C=O) groups is 2. The molecule has 2 rings (SSSR count). The van der Waals surface area contributed by atoms with Gasteiger partial charge in [0.2, 0.25) is 11.8 Å². The van der Waals surface area contributed by atoms with Crippen LogP contribution >= 0.6 is 0 Å². The van der Waals surface area contributed by atoms with Gasteiger partial charge in [-0.25, -0.2) is 8.42 Å². The Labute approximate surface area is 149 Å². The predicted octanol–water partition coefficient (Wildman–Crippen LogP) is 1.23. The van der Waals surface area contributed by atoms with Crippen molar-refractivity contribution in [2.45, 2.75) is 31.5 Å². The molecular formula is C16H19F3N2O4S. The number of alkyl halides is 3. The van der Waals surface area contributed by atoms with Crippen LogP contribution in [0.1, 0.15) is 30.4 Å². The van der Waals surface area contributed by atoms with Crippen molar-refractivity contribution in [3.63, 3.8) is 0 Å². The molecule has 2 atom stereocenters. The second-order valence-electron chi connectivity index (χ2n) is 6.19. The smallest absolute Gasteiger partial charge is 0.351 e. The maximum atomic E-state index is 13.0. The number of halogens is 3. The summed E-state index contributed by atoms with van der Waals surface area (Å²) in [5.41, 5.74) is -1.08. The molecule has 0 spiro atoms. The fourth-order valence-corrected chi connectivity index (χ4v) is 4.46. The average molecular weight is 392 g/mol. The lowest BCUT2D eigenvalue weighted by Gasteiger charge is -2.18. The predicted molar refractivity (Wildman–Crippen MR) is 88.1 cm³/mol. The molecule has 2 amide bonds. The van der Waals surface area contributed by atoms with Crippen molar-refractivity contribution in [1.82, 2.24) is 10.6 Å². The van der Waals surface area contributed by atoms with Gasteiger partial charge in [0.15, 0.2) is 9.84 Å². The monoisotopic (exact) mass is 392 g/mol. The number of hydrogen-bond acceptors (Lipinski definition) is 4. The first kappa shape index (κ1) is 20.2. The summed E-state index contributed by atoms with van der Waals surface area (Å²) in [6.45, 7) is 0.884. The Kier molecular flexibility index (Phi) is 5.94. The van der Waals surface area contributed by atoms with E-state index in [0.717, 1.165) is 6.07 Å². The minimum atomic E-state index is -4.59. The van der Waals surface area contributed by atoms with Crippen molar-refractivity contribution in [2.24, 2.45) is 0 Å². The lowest BCUT2D eigenvalue weighted by molar-refractivity contribution is -0.138. The largest absolute Gasteiger partial charge is 0.416 e. The van der Waals surface area contributed by atoms with E-state index in [0.29, 0.717) is 6.42 Å². The van der Waals surface area contributed by atoms with E-state index in [1.54, 1.807) is 0 Å². The molecule has 1 saturated heterocycles. The fourth-order valence-electron chi connectivity index (χ4n) is 2.78. The molecular weight excluding hydrogens is 373 g/mol. The van der Waals surface area contributed by atoms with E-state index < -0.39 is 51.9 Å². The molecule has 1 aromatic carbocycles. The van der Waals surface area contributed by atoms with E-state index >= 15 is 0 Å². The molecule has 1 aliphatic rings. The van der Waals surface area contributed by atoms with Gasteiger partial charge in [0.05, 0.1) is 29.5 Å². The first-order valence-electron chi connectivity index (χ1n) is 7.93. The lowest BCUT2D eigenvalue weighted by Crippen LogP contribution is -2.43. The van der Waals surface area contributed by atoms with E-state index in [1.807, 2.05) is 0 Å². The van der Waals surface area contributed by atoms with E-state index in [4.69, 9.17) is 0 Å². The van der Waals surface area contributed by atoms with E-state index in [1.165, 1.54) is 25.1 Å². The highest BCUT2D eigenvalue weighted by Gasteiger charge is 2.35. The molecule has 2 unspecified atom stereocenters. The standard InChI is InChI=1S/C16H19F3N2O4S/c1-10(12-4-2-3-5-13(12)16(17,18)19)15(23)20-8-14(22)21-11-6-7-26(24,25)9-11/h2-5,10-11H,6-9H2,1H3,(H,20,23)(H,21,22). The average Bonchev–Trinajstić information content (AvgIpc) is 2.89. The third-order valence-corrected chi connectivity index (χ3v) is 5.91. The maximum absolute atomic E-state index is 13.0. The molecule has 144 valence electrons. The third kappa shape index (κ3) is 5.20. The van der Waals surface area contributed by atoms with Gasteiger partial charge in [0.1, 0.15) is 0 Å². The Bertz CT molecular complexity index is 793. The van der Waals surface area contributed by atoms with Gasteiger partial charge >= 0.3 is 6.18 Å². The highest BCUT2D eigenvalue weighted by Crippen LogP contribution is 2.35. The van der Waals surface area contributed by atoms with Crippen LogP contribution in [0.4, 0.5) is 13.2 Å². The summed E-state index contributed by atoms with van der Waals surface area (Å²) in [7, 11) is -3.15. The molecule has 0 saturated carbocycles. The van der Waals surface area contributed by atoms with Crippen LogP contribution in [0.15, 0.2) is 24.3 Å². The van der Waals surface area contributed by atoms with Gasteiger partial charge in [-0.3, -0.25) is 9.59 Å². The molecule has 1 aromatic rings. The van der Waals surface area contributed by atoms with E-state index in [2.05, 4.69) is 10.6 Å². The van der Waals surface area contributed by atoms with Gasteiger partial charge < -0.3 is 10.6 Å². The van der Waals surface area contributed by atoms with Gasteiger partial charge in [0, 0.05) is 6.04 Å². The third-order valence-electron chi connectivity index (χ3n) is 4.15. The van der Waals surface area contributed by atoms with Gasteiger partial charge in [-0.2, -0.15) is 13.2 Å². The lowest BCUT2D eigenvalue weighted by atomic mass is 9.94. The summed E-state index contributed by atoms with van der Waals surface area (Å²) < 4.78 is 61.8. The number of carbonyl (C=O) groups excluding carboxylic acids is 2. The molecule has 1 fully saturated rings. The maximum Gasteiger partial charge on any atom is 0.416 e. The number of sulfone groups is 1. The quantitative estimate of drug-likeness (QED) is 0.788. The summed E-state index contributed by atoms with van der Waals surface area (Å²) in [6, 6.07) is 4.25. The minimum absolute atomic E-state index is 0.00440. The van der Waals surface area contributed by atoms with E-state index in [9.17, 15) is 31.2 Å². The number of hydrogen-bond donors (Lipinski definition) is 2. The Balaban J connectivity index is 1.93. The van der Waals surface area contributed by atoms with Crippen molar-refractivity contribution in [2.75, 3.05) is 18.1 Å². The minimum Gasteiger partial charge on any atom is -0.351 e. The Morgan fingerprint density at radius 1 is 1.27 bits per heavy atom. The number of amides is 2. The number of benzene rings is 1. The summed E-state index contributed by atoms with van der Waals surface area (Å²) >= 11 is 0. The summed E-state index contributed by atoms with van der Waals surface area (Å²) in [5, 5.41) is 4.78. The first-order chi connectivity index (χ1) is 12.0. The van der Waals surface area contributed by atoms with E-state index in [-0.39, 0.29) is 17.1 Å². The van der Waals surface area contributed by atoms with Gasteiger partial charge in [-0.1, -0.05) is 18.2 Å². The van der Waals surface area contributed by atoms with Gasteiger partial charge in [0.25, 0.3) is 0 Å². The van der Waals surface area contributed by atoms with Crippen molar-refractivity contribution in [1.29, 1.82) is 0 Å². The fraction of sp³-hybridized carbons (Fsp3) is 0.500. The first-order valence-corrected chi connectivity index (χ1v) is 9.75. The Hall–Kier alpha value is -2.10. The molecule has 1 heterocycles. The van der Waals surface area contributed by atoms with Crippen molar-refractivity contribution in [3.8, 4) is 0 Å². The Morgan fingerprint density at radius 3 is 2.50 bits per heavy atom. The molecule has 26 heavy (non-hydrogen) atoms. The zero-order valence-corrected chi connectivity index (χ0v) is 14.8. The number of rotatable bonds is 5. The zero-order chi connectivity index (χ0) is 19.5. The van der Waals surface area contributed by atoms with Crippen LogP contribution in [0.5, 0.6) is 0 Å². The highest BCUT2D eigenvalue weighted by atomic mass is 32.2. The normalized spacial score (nSPS) is 20.4. The molecule has 1 aliphatic heterocycles. The molecule has 10 heteroatoms. The van der Waals surface area contributed by atoms with Crippen LogP contribution in [-0.2, 0) is 25.6 Å². The molecule has 6 nitrogen and oxygen atoms in total. The van der Waals surface area contributed by atoms with Gasteiger partial charge in [-0.05, 0) is 25.0 Å². The van der Waals surface area contributed by atoms with Crippen LogP contribution in [0.3, 0.4) is 0 Å². The second kappa shape index (κ2) is 7.65. The van der Waals surface area contributed by atoms with Crippen molar-refractivity contribution >= 4 is 21.7 Å². The summed E-state index contributed by atoms with van der Waals surface area (Å²) in [6.07, 6.45) is -4.28. The molecule has 0 bridgehead atoms.